The molecule has 2 aromatic rings. The summed E-state index contributed by atoms with van der Waals surface area (Å²) in [6.07, 6.45) is 2.83. The van der Waals surface area contributed by atoms with Crippen LogP contribution in [0.2, 0.25) is 5.02 Å². The van der Waals surface area contributed by atoms with Gasteiger partial charge in [0.2, 0.25) is 5.78 Å². The molecule has 3 nitrogen and oxygen atoms in total. The largest absolute Gasteiger partial charge is 0.454 e. The van der Waals surface area contributed by atoms with Gasteiger partial charge < -0.3 is 4.74 Å². The fraction of sp³-hybridized carbons (Fsp3) is 0.200. The minimum atomic E-state index is -0.578. The van der Waals surface area contributed by atoms with E-state index in [1.54, 1.807) is 18.2 Å². The van der Waals surface area contributed by atoms with E-state index in [9.17, 15) is 9.59 Å². The first-order chi connectivity index (χ1) is 11.4. The molecule has 0 unspecified atom stereocenters. The summed E-state index contributed by atoms with van der Waals surface area (Å²) in [4.78, 5) is 24.1. The maximum atomic E-state index is 12.3. The van der Waals surface area contributed by atoms with Crippen LogP contribution in [0.4, 0.5) is 0 Å². The van der Waals surface area contributed by atoms with E-state index in [1.165, 1.54) is 6.08 Å². The van der Waals surface area contributed by atoms with Crippen LogP contribution in [0.5, 0.6) is 0 Å². The van der Waals surface area contributed by atoms with Crippen molar-refractivity contribution in [2.45, 2.75) is 20.8 Å². The molecule has 24 heavy (non-hydrogen) atoms. The average molecular weight is 343 g/mol. The molecular formula is C20H19ClO3. The lowest BCUT2D eigenvalue weighted by Crippen LogP contribution is -2.15. The highest BCUT2D eigenvalue weighted by Gasteiger charge is 2.14. The summed E-state index contributed by atoms with van der Waals surface area (Å²) in [6, 6.07) is 11.0. The highest BCUT2D eigenvalue weighted by atomic mass is 35.5. The predicted octanol–water partition coefficient (Wildman–Crippen LogP) is 4.70. The first-order valence-corrected chi connectivity index (χ1v) is 7.96. The van der Waals surface area contributed by atoms with E-state index >= 15 is 0 Å². The van der Waals surface area contributed by atoms with Gasteiger partial charge in [-0.3, -0.25) is 4.79 Å². The Bertz CT molecular complexity index is 783. The predicted molar refractivity (Wildman–Crippen MR) is 96.4 cm³/mol. The van der Waals surface area contributed by atoms with Crippen LogP contribution >= 0.6 is 11.6 Å². The van der Waals surface area contributed by atoms with Gasteiger partial charge in [-0.2, -0.15) is 0 Å². The standard InChI is InChI=1S/C20H19ClO3/c1-13-10-14(2)20(15(3)11-13)18(22)12-24-19(23)9-8-16-6-4-5-7-17(16)21/h4-11H,12H2,1-3H3. The van der Waals surface area contributed by atoms with Crippen LogP contribution in [0.15, 0.2) is 42.5 Å². The summed E-state index contributed by atoms with van der Waals surface area (Å²) in [5.74, 6) is -0.782. The monoisotopic (exact) mass is 342 g/mol. The van der Waals surface area contributed by atoms with Crippen LogP contribution in [0.1, 0.15) is 32.6 Å². The first kappa shape index (κ1) is 18.0. The van der Waals surface area contributed by atoms with Crippen molar-refractivity contribution in [2.24, 2.45) is 0 Å². The second kappa shape index (κ2) is 7.93. The molecule has 0 saturated heterocycles. The molecule has 0 fully saturated rings. The van der Waals surface area contributed by atoms with E-state index in [0.29, 0.717) is 16.1 Å². The molecule has 0 aromatic heterocycles. The van der Waals surface area contributed by atoms with Crippen molar-refractivity contribution in [3.05, 3.63) is 75.3 Å². The molecule has 124 valence electrons. The summed E-state index contributed by atoms with van der Waals surface area (Å²) in [5, 5.41) is 0.545. The van der Waals surface area contributed by atoms with E-state index < -0.39 is 5.97 Å². The minimum Gasteiger partial charge on any atom is -0.454 e. The Kier molecular flexibility index (Phi) is 5.93. The van der Waals surface area contributed by atoms with E-state index in [1.807, 2.05) is 45.0 Å². The molecular weight excluding hydrogens is 324 g/mol. The lowest BCUT2D eigenvalue weighted by molar-refractivity contribution is -0.136. The number of benzene rings is 2. The van der Waals surface area contributed by atoms with Crippen molar-refractivity contribution >= 4 is 29.4 Å². The van der Waals surface area contributed by atoms with Gasteiger partial charge in [-0.05, 0) is 49.6 Å². The third kappa shape index (κ3) is 4.56. The van der Waals surface area contributed by atoms with Crippen molar-refractivity contribution in [1.29, 1.82) is 0 Å². The molecule has 0 bridgehead atoms. The molecule has 0 aliphatic heterocycles. The first-order valence-electron chi connectivity index (χ1n) is 7.59. The molecule has 0 heterocycles. The Labute approximate surface area is 146 Å². The van der Waals surface area contributed by atoms with Crippen LogP contribution in [0.25, 0.3) is 6.08 Å². The van der Waals surface area contributed by atoms with Crippen LogP contribution in [-0.2, 0) is 9.53 Å². The van der Waals surface area contributed by atoms with Gasteiger partial charge in [-0.15, -0.1) is 0 Å². The number of ether oxygens (including phenoxy) is 1. The van der Waals surface area contributed by atoms with E-state index in [-0.39, 0.29) is 12.4 Å². The van der Waals surface area contributed by atoms with E-state index in [2.05, 4.69) is 0 Å². The number of halogens is 1. The van der Waals surface area contributed by atoms with E-state index in [0.717, 1.165) is 16.7 Å². The van der Waals surface area contributed by atoms with Crippen molar-refractivity contribution in [3.63, 3.8) is 0 Å². The number of esters is 1. The Hall–Kier alpha value is -2.39. The average Bonchev–Trinajstić information content (AvgIpc) is 2.51. The van der Waals surface area contributed by atoms with Gasteiger partial charge in [-0.25, -0.2) is 4.79 Å². The summed E-state index contributed by atoms with van der Waals surface area (Å²) in [5.41, 5.74) is 4.21. The van der Waals surface area contributed by atoms with Gasteiger partial charge in [-0.1, -0.05) is 47.5 Å². The topological polar surface area (TPSA) is 43.4 Å². The van der Waals surface area contributed by atoms with Crippen molar-refractivity contribution in [2.75, 3.05) is 6.61 Å². The van der Waals surface area contributed by atoms with Crippen LogP contribution in [0.3, 0.4) is 0 Å². The molecule has 0 aliphatic rings. The molecule has 2 rings (SSSR count). The van der Waals surface area contributed by atoms with Crippen LogP contribution < -0.4 is 0 Å². The Balaban J connectivity index is 1.99. The van der Waals surface area contributed by atoms with E-state index in [4.69, 9.17) is 16.3 Å². The third-order valence-corrected chi connectivity index (χ3v) is 3.95. The maximum Gasteiger partial charge on any atom is 0.331 e. The molecule has 2 aromatic carbocycles. The number of hydrogen-bond acceptors (Lipinski definition) is 3. The Morgan fingerprint density at radius 3 is 2.33 bits per heavy atom. The summed E-state index contributed by atoms with van der Waals surface area (Å²) in [7, 11) is 0. The zero-order valence-electron chi connectivity index (χ0n) is 13.9. The molecule has 0 saturated carbocycles. The fourth-order valence-electron chi connectivity index (χ4n) is 2.64. The van der Waals surface area contributed by atoms with Crippen molar-refractivity contribution in [1.82, 2.24) is 0 Å². The summed E-state index contributed by atoms with van der Waals surface area (Å²) in [6.45, 7) is 5.46. The normalized spacial score (nSPS) is 10.8. The molecule has 4 heteroatoms. The van der Waals surface area contributed by atoms with Gasteiger partial charge in [0.05, 0.1) is 0 Å². The zero-order valence-corrected chi connectivity index (χ0v) is 14.7. The molecule has 0 amide bonds. The lowest BCUT2D eigenvalue weighted by Gasteiger charge is -2.10. The number of Topliss-reactive ketones (excluding diaryl/α,β-unsaturated/α-hetero) is 1. The maximum absolute atomic E-state index is 12.3. The Morgan fingerprint density at radius 1 is 1.08 bits per heavy atom. The number of aryl methyl sites for hydroxylation is 3. The number of carbonyl (C=O) groups is 2. The van der Waals surface area contributed by atoms with Crippen molar-refractivity contribution < 1.29 is 14.3 Å². The summed E-state index contributed by atoms with van der Waals surface area (Å²) < 4.78 is 5.04. The lowest BCUT2D eigenvalue weighted by atomic mass is 9.97. The van der Waals surface area contributed by atoms with Gasteiger partial charge in [0, 0.05) is 16.7 Å². The quantitative estimate of drug-likeness (QED) is 0.449. The highest BCUT2D eigenvalue weighted by molar-refractivity contribution is 6.32. The molecule has 0 aliphatic carbocycles. The SMILES string of the molecule is Cc1cc(C)c(C(=O)COC(=O)C=Cc2ccccc2Cl)c(C)c1. The molecule has 0 atom stereocenters. The molecule has 0 spiro atoms. The van der Waals surface area contributed by atoms with Crippen molar-refractivity contribution in [3.8, 4) is 0 Å². The minimum absolute atomic E-state index is 0.204. The third-order valence-electron chi connectivity index (χ3n) is 3.61. The van der Waals surface area contributed by atoms with Gasteiger partial charge in [0.25, 0.3) is 0 Å². The Morgan fingerprint density at radius 2 is 1.71 bits per heavy atom. The second-order valence-corrected chi connectivity index (χ2v) is 6.07. The van der Waals surface area contributed by atoms with Gasteiger partial charge >= 0.3 is 5.97 Å². The van der Waals surface area contributed by atoms with Crippen LogP contribution in [0, 0.1) is 20.8 Å². The molecule has 0 N–H and O–H groups in total. The van der Waals surface area contributed by atoms with Gasteiger partial charge in [0.15, 0.2) is 6.61 Å². The molecule has 0 radical (unpaired) electrons. The number of ketones is 1. The second-order valence-electron chi connectivity index (χ2n) is 5.66. The number of rotatable bonds is 5. The smallest absolute Gasteiger partial charge is 0.331 e. The number of carbonyl (C=O) groups excluding carboxylic acids is 2. The van der Waals surface area contributed by atoms with Crippen LogP contribution in [-0.4, -0.2) is 18.4 Å². The zero-order chi connectivity index (χ0) is 17.7. The highest BCUT2D eigenvalue weighted by Crippen LogP contribution is 2.18. The summed E-state index contributed by atoms with van der Waals surface area (Å²) >= 11 is 6.01. The fourth-order valence-corrected chi connectivity index (χ4v) is 2.84. The number of hydrogen-bond donors (Lipinski definition) is 0. The van der Waals surface area contributed by atoms with Gasteiger partial charge in [0.1, 0.15) is 0 Å².